The van der Waals surface area contributed by atoms with E-state index >= 15 is 0 Å². The van der Waals surface area contributed by atoms with Crippen LogP contribution in [0.2, 0.25) is 0 Å². The first-order chi connectivity index (χ1) is 19.6. The van der Waals surface area contributed by atoms with Crippen molar-refractivity contribution in [3.8, 4) is 11.5 Å². The summed E-state index contributed by atoms with van der Waals surface area (Å²) in [4.78, 5) is 16.4. The zero-order valence-corrected chi connectivity index (χ0v) is 22.1. The van der Waals surface area contributed by atoms with Crippen molar-refractivity contribution < 1.29 is 19.4 Å². The molecule has 1 unspecified atom stereocenters. The Kier molecular flexibility index (Phi) is 6.81. The summed E-state index contributed by atoms with van der Waals surface area (Å²) in [5.41, 5.74) is 2.40. The number of carbonyl (C=O) groups is 1. The quantitative estimate of drug-likeness (QED) is 0.246. The second kappa shape index (κ2) is 10.7. The highest BCUT2D eigenvalue weighted by atomic mass is 16.5. The van der Waals surface area contributed by atoms with Gasteiger partial charge in [-0.1, -0.05) is 109 Å². The molecule has 5 heteroatoms. The van der Waals surface area contributed by atoms with Gasteiger partial charge in [-0.25, -0.2) is 0 Å². The first-order valence-corrected chi connectivity index (χ1v) is 13.2. The minimum absolute atomic E-state index is 0.271. The zero-order chi connectivity index (χ0) is 27.5. The third-order valence-electron chi connectivity index (χ3n) is 7.39. The second-order valence-corrected chi connectivity index (χ2v) is 9.76. The van der Waals surface area contributed by atoms with Crippen LogP contribution in [-0.4, -0.2) is 18.1 Å². The fraction of sp³-hybridized carbons (Fsp3) is 0.114. The van der Waals surface area contributed by atoms with E-state index in [1.165, 1.54) is 0 Å². The van der Waals surface area contributed by atoms with Gasteiger partial charge in [0.2, 0.25) is 0 Å². The number of para-hydroxylation sites is 1. The molecule has 1 aliphatic heterocycles. The summed E-state index contributed by atoms with van der Waals surface area (Å²) >= 11 is 0. The van der Waals surface area contributed by atoms with E-state index in [-0.39, 0.29) is 6.61 Å². The second-order valence-electron chi connectivity index (χ2n) is 9.76. The van der Waals surface area contributed by atoms with Crippen LogP contribution in [0.4, 0.5) is 5.69 Å². The average Bonchev–Trinajstić information content (AvgIpc) is 3.24. The summed E-state index contributed by atoms with van der Waals surface area (Å²) < 4.78 is 11.7. The van der Waals surface area contributed by atoms with Crippen LogP contribution >= 0.6 is 0 Å². The van der Waals surface area contributed by atoms with Gasteiger partial charge in [0.05, 0.1) is 18.8 Å². The predicted octanol–water partition coefficient (Wildman–Crippen LogP) is 6.65. The molecule has 5 nitrogen and oxygen atoms in total. The van der Waals surface area contributed by atoms with Crippen molar-refractivity contribution >= 4 is 11.6 Å². The van der Waals surface area contributed by atoms with Gasteiger partial charge in [-0.2, -0.15) is 0 Å². The third kappa shape index (κ3) is 4.40. The van der Waals surface area contributed by atoms with Crippen molar-refractivity contribution in [1.29, 1.82) is 0 Å². The molecule has 198 valence electrons. The molecule has 1 amide bonds. The van der Waals surface area contributed by atoms with Crippen LogP contribution in [0, 0.1) is 0 Å². The molecule has 1 heterocycles. The number of methoxy groups -OCH3 is 1. The van der Waals surface area contributed by atoms with Crippen LogP contribution < -0.4 is 14.4 Å². The summed E-state index contributed by atoms with van der Waals surface area (Å²) in [7, 11) is 1.58. The summed E-state index contributed by atoms with van der Waals surface area (Å²) in [6.07, 6.45) is 0. The minimum Gasteiger partial charge on any atom is -0.497 e. The van der Waals surface area contributed by atoms with E-state index in [2.05, 4.69) is 0 Å². The fourth-order valence-corrected chi connectivity index (χ4v) is 5.45. The highest BCUT2D eigenvalue weighted by Gasteiger charge is 2.54. The molecule has 6 rings (SSSR count). The molecule has 0 spiro atoms. The van der Waals surface area contributed by atoms with Crippen LogP contribution in [0.3, 0.4) is 0 Å². The Bertz CT molecular complexity index is 1580. The van der Waals surface area contributed by atoms with Crippen molar-refractivity contribution in [3.05, 3.63) is 161 Å². The number of amides is 1. The normalized spacial score (nSPS) is 16.2. The van der Waals surface area contributed by atoms with Gasteiger partial charge in [0.1, 0.15) is 18.1 Å². The predicted molar refractivity (Wildman–Crippen MR) is 155 cm³/mol. The first kappa shape index (κ1) is 25.4. The summed E-state index contributed by atoms with van der Waals surface area (Å²) in [6.45, 7) is 0.271. The molecule has 1 aliphatic rings. The van der Waals surface area contributed by atoms with E-state index in [4.69, 9.17) is 9.47 Å². The number of aliphatic hydroxyl groups is 1. The molecule has 0 aromatic heterocycles. The Morgan fingerprint density at radius 2 is 1.30 bits per heavy atom. The van der Waals surface area contributed by atoms with Gasteiger partial charge in [-0.3, -0.25) is 9.69 Å². The van der Waals surface area contributed by atoms with E-state index < -0.39 is 17.6 Å². The molecule has 0 fully saturated rings. The van der Waals surface area contributed by atoms with E-state index in [1.807, 2.05) is 115 Å². The van der Waals surface area contributed by atoms with Crippen LogP contribution in [0.25, 0.3) is 0 Å². The van der Waals surface area contributed by atoms with Crippen LogP contribution in [0.5, 0.6) is 11.5 Å². The molecule has 0 saturated carbocycles. The van der Waals surface area contributed by atoms with E-state index in [0.29, 0.717) is 28.3 Å². The van der Waals surface area contributed by atoms with Crippen LogP contribution in [0.1, 0.15) is 33.9 Å². The Balaban J connectivity index is 1.50. The minimum atomic E-state index is -1.98. The molecule has 5 aromatic carbocycles. The van der Waals surface area contributed by atoms with Crippen molar-refractivity contribution in [3.63, 3.8) is 0 Å². The number of ether oxygens (including phenoxy) is 2. The smallest absolute Gasteiger partial charge is 0.269 e. The zero-order valence-electron chi connectivity index (χ0n) is 22.1. The molecule has 0 saturated heterocycles. The number of fused-ring (bicyclic) bond motifs is 1. The SMILES string of the molecule is COc1ccc(C2(O)C(=O)N(C(c3ccccc3)c3ccccc3)c3ccccc32)c(OCc2ccccc2)c1. The summed E-state index contributed by atoms with van der Waals surface area (Å²) in [5, 5.41) is 12.5. The number of hydrogen-bond donors (Lipinski definition) is 1. The molecule has 40 heavy (non-hydrogen) atoms. The number of rotatable bonds is 8. The number of anilines is 1. The third-order valence-corrected chi connectivity index (χ3v) is 7.39. The lowest BCUT2D eigenvalue weighted by Gasteiger charge is -2.31. The maximum atomic E-state index is 14.6. The van der Waals surface area contributed by atoms with Gasteiger partial charge >= 0.3 is 0 Å². The monoisotopic (exact) mass is 527 g/mol. The van der Waals surface area contributed by atoms with Crippen molar-refractivity contribution in [2.75, 3.05) is 12.0 Å². The van der Waals surface area contributed by atoms with Gasteiger partial charge in [-0.05, 0) is 34.9 Å². The molecule has 0 aliphatic carbocycles. The van der Waals surface area contributed by atoms with E-state index in [1.54, 1.807) is 30.2 Å². The molecule has 0 radical (unpaired) electrons. The average molecular weight is 528 g/mol. The molecular weight excluding hydrogens is 498 g/mol. The molecule has 5 aromatic rings. The van der Waals surface area contributed by atoms with Crippen molar-refractivity contribution in [2.24, 2.45) is 0 Å². The number of benzene rings is 5. The van der Waals surface area contributed by atoms with Gasteiger partial charge in [-0.15, -0.1) is 0 Å². The fourth-order valence-electron chi connectivity index (χ4n) is 5.45. The molecule has 1 atom stereocenters. The topological polar surface area (TPSA) is 59.0 Å². The van der Waals surface area contributed by atoms with E-state index in [0.717, 1.165) is 16.7 Å². The van der Waals surface area contributed by atoms with E-state index in [9.17, 15) is 9.90 Å². The van der Waals surface area contributed by atoms with Crippen molar-refractivity contribution in [1.82, 2.24) is 0 Å². The summed E-state index contributed by atoms with van der Waals surface area (Å²) in [6, 6.07) is 41.7. The Hall–Kier alpha value is -4.87. The Morgan fingerprint density at radius 3 is 1.93 bits per heavy atom. The summed E-state index contributed by atoms with van der Waals surface area (Å²) in [5.74, 6) is 0.505. The maximum absolute atomic E-state index is 14.6. The molecule has 1 N–H and O–H groups in total. The highest BCUT2D eigenvalue weighted by molar-refractivity contribution is 6.10. The number of hydrogen-bond acceptors (Lipinski definition) is 4. The Labute approximate surface area is 233 Å². The lowest BCUT2D eigenvalue weighted by molar-refractivity contribution is -0.132. The lowest BCUT2D eigenvalue weighted by Crippen LogP contribution is -2.43. The van der Waals surface area contributed by atoms with Gasteiger partial charge < -0.3 is 14.6 Å². The first-order valence-electron chi connectivity index (χ1n) is 13.2. The molecular formula is C35H29NO4. The number of carbonyl (C=O) groups excluding carboxylic acids is 1. The maximum Gasteiger partial charge on any atom is 0.269 e. The van der Waals surface area contributed by atoms with Gasteiger partial charge in [0.25, 0.3) is 5.91 Å². The van der Waals surface area contributed by atoms with Gasteiger partial charge in [0.15, 0.2) is 5.60 Å². The standard InChI is InChI=1S/C35H29NO4/c1-39-28-21-22-30(32(23-28)40-24-25-13-5-2-6-14-25)35(38)29-19-11-12-20-31(29)36(34(35)37)33(26-15-7-3-8-16-26)27-17-9-4-10-18-27/h2-23,33,38H,24H2,1H3. The van der Waals surface area contributed by atoms with Gasteiger partial charge in [0, 0.05) is 17.2 Å². The lowest BCUT2D eigenvalue weighted by atomic mass is 9.86. The number of nitrogens with zero attached hydrogens (tertiary/aromatic N) is 1. The van der Waals surface area contributed by atoms with Crippen LogP contribution in [-0.2, 0) is 17.0 Å². The largest absolute Gasteiger partial charge is 0.497 e. The highest BCUT2D eigenvalue weighted by Crippen LogP contribution is 2.51. The van der Waals surface area contributed by atoms with Crippen molar-refractivity contribution in [2.45, 2.75) is 18.2 Å². The molecule has 0 bridgehead atoms. The Morgan fingerprint density at radius 1 is 0.725 bits per heavy atom. The van der Waals surface area contributed by atoms with Crippen LogP contribution in [0.15, 0.2) is 133 Å².